The van der Waals surface area contributed by atoms with Crippen molar-refractivity contribution in [3.63, 3.8) is 0 Å². The normalized spacial score (nSPS) is 14.7. The number of thiophene rings is 1. The number of nitrogens with one attached hydrogen (secondary N) is 2. The van der Waals surface area contributed by atoms with Crippen LogP contribution in [0.5, 0.6) is 0 Å². The number of halogens is 2. The second-order valence-corrected chi connectivity index (χ2v) is 6.06. The molecule has 106 valence electrons. The van der Waals surface area contributed by atoms with Crippen molar-refractivity contribution in [2.45, 2.75) is 30.2 Å². The van der Waals surface area contributed by atoms with E-state index in [-0.39, 0.29) is 11.9 Å². The zero-order chi connectivity index (χ0) is 14.0. The van der Waals surface area contributed by atoms with Crippen LogP contribution in [0.4, 0.5) is 19.5 Å². The summed E-state index contributed by atoms with van der Waals surface area (Å²) in [6.07, 6.45) is 1.34. The summed E-state index contributed by atoms with van der Waals surface area (Å²) in [4.78, 5) is 13.0. The zero-order valence-corrected chi connectivity index (χ0v) is 12.0. The van der Waals surface area contributed by atoms with Gasteiger partial charge in [0.1, 0.15) is 9.88 Å². The summed E-state index contributed by atoms with van der Waals surface area (Å²) in [6, 6.07) is 0.240. The van der Waals surface area contributed by atoms with Gasteiger partial charge in [0, 0.05) is 6.04 Å². The Morgan fingerprint density at radius 3 is 2.79 bits per heavy atom. The maximum atomic E-state index is 12.2. The molecule has 1 saturated carbocycles. The van der Waals surface area contributed by atoms with E-state index in [1.165, 1.54) is 11.8 Å². The van der Waals surface area contributed by atoms with E-state index in [0.717, 1.165) is 24.2 Å². The Hall–Kier alpha value is -1.02. The van der Waals surface area contributed by atoms with Crippen molar-refractivity contribution in [3.05, 3.63) is 4.88 Å². The van der Waals surface area contributed by atoms with Crippen molar-refractivity contribution in [1.29, 1.82) is 0 Å². The maximum Gasteiger partial charge on any atom is 0.263 e. The predicted molar refractivity (Wildman–Crippen MR) is 75.5 cm³/mol. The average Bonchev–Trinajstić information content (AvgIpc) is 3.09. The Bertz CT molecular complexity index is 475. The first-order valence-electron chi connectivity index (χ1n) is 5.82. The van der Waals surface area contributed by atoms with Crippen LogP contribution in [-0.2, 0) is 0 Å². The third kappa shape index (κ3) is 3.50. The molecule has 8 heteroatoms. The van der Waals surface area contributed by atoms with E-state index in [4.69, 9.17) is 5.73 Å². The highest BCUT2D eigenvalue weighted by Gasteiger charge is 2.27. The van der Waals surface area contributed by atoms with Crippen LogP contribution in [0.15, 0.2) is 4.90 Å². The summed E-state index contributed by atoms with van der Waals surface area (Å²) in [6.45, 7) is -0.447. The first-order chi connectivity index (χ1) is 9.02. The molecular formula is C11H15F2N3OS2. The van der Waals surface area contributed by atoms with E-state index in [2.05, 4.69) is 10.6 Å². The molecule has 1 fully saturated rings. The number of carbonyl (C=O) groups excluding carboxylic acids is 1. The van der Waals surface area contributed by atoms with Crippen molar-refractivity contribution in [1.82, 2.24) is 5.32 Å². The van der Waals surface area contributed by atoms with Crippen LogP contribution in [0.25, 0.3) is 0 Å². The van der Waals surface area contributed by atoms with Gasteiger partial charge < -0.3 is 16.4 Å². The summed E-state index contributed by atoms with van der Waals surface area (Å²) in [5.41, 5.74) is 6.29. The first kappa shape index (κ1) is 14.4. The third-order valence-corrected chi connectivity index (χ3v) is 4.76. The van der Waals surface area contributed by atoms with Crippen molar-refractivity contribution >= 4 is 39.7 Å². The van der Waals surface area contributed by atoms with Gasteiger partial charge in [-0.05, 0) is 19.1 Å². The highest BCUT2D eigenvalue weighted by molar-refractivity contribution is 7.99. The van der Waals surface area contributed by atoms with Crippen LogP contribution in [0.1, 0.15) is 22.5 Å². The fraction of sp³-hybridized carbons (Fsp3) is 0.545. The minimum absolute atomic E-state index is 0.217. The molecule has 1 aliphatic rings. The molecule has 0 aromatic carbocycles. The van der Waals surface area contributed by atoms with Crippen LogP contribution in [0.2, 0.25) is 0 Å². The van der Waals surface area contributed by atoms with Crippen molar-refractivity contribution in [3.8, 4) is 0 Å². The lowest BCUT2D eigenvalue weighted by atomic mass is 10.3. The molecule has 1 aromatic heterocycles. The SMILES string of the molecule is CSc1c(NCC(F)F)sc(C(=O)NC2CC2)c1N. The Labute approximate surface area is 118 Å². The summed E-state index contributed by atoms with van der Waals surface area (Å²) >= 11 is 2.47. The van der Waals surface area contributed by atoms with Crippen molar-refractivity contribution in [2.24, 2.45) is 0 Å². The standard InChI is InChI=1S/C11H15F2N3OS2/c1-18-9-7(14)8(10(17)16-5-2-3-5)19-11(9)15-4-6(12)13/h5-6,15H,2-4,14H2,1H3,(H,16,17). The number of nitrogens with two attached hydrogens (primary N) is 1. The molecule has 0 spiro atoms. The summed E-state index contributed by atoms with van der Waals surface area (Å²) in [7, 11) is 0. The molecule has 1 heterocycles. The molecule has 1 aromatic rings. The van der Waals surface area contributed by atoms with E-state index in [0.29, 0.717) is 20.5 Å². The Morgan fingerprint density at radius 2 is 2.26 bits per heavy atom. The van der Waals surface area contributed by atoms with E-state index in [1.807, 2.05) is 0 Å². The Morgan fingerprint density at radius 1 is 1.58 bits per heavy atom. The van der Waals surface area contributed by atoms with Crippen LogP contribution < -0.4 is 16.4 Å². The molecule has 0 aliphatic heterocycles. The van der Waals surface area contributed by atoms with Crippen LogP contribution in [-0.4, -0.2) is 31.2 Å². The van der Waals surface area contributed by atoms with E-state index >= 15 is 0 Å². The fourth-order valence-corrected chi connectivity index (χ4v) is 3.51. The lowest BCUT2D eigenvalue weighted by molar-refractivity contribution is 0.0956. The number of carbonyl (C=O) groups is 1. The van der Waals surface area contributed by atoms with Gasteiger partial charge in [0.25, 0.3) is 12.3 Å². The minimum atomic E-state index is -2.44. The van der Waals surface area contributed by atoms with E-state index < -0.39 is 13.0 Å². The third-order valence-electron chi connectivity index (χ3n) is 2.64. The van der Waals surface area contributed by atoms with Gasteiger partial charge in [-0.3, -0.25) is 4.79 Å². The van der Waals surface area contributed by atoms with Crippen LogP contribution in [0.3, 0.4) is 0 Å². The monoisotopic (exact) mass is 307 g/mol. The second kappa shape index (κ2) is 5.96. The van der Waals surface area contributed by atoms with Gasteiger partial charge in [0.05, 0.1) is 17.1 Å². The maximum absolute atomic E-state index is 12.2. The topological polar surface area (TPSA) is 67.2 Å². The number of nitrogen functional groups attached to an aromatic ring is 1. The van der Waals surface area contributed by atoms with Crippen LogP contribution >= 0.6 is 23.1 Å². The molecule has 0 unspecified atom stereocenters. The Kier molecular flexibility index (Phi) is 4.51. The number of hydrogen-bond donors (Lipinski definition) is 3. The summed E-state index contributed by atoms with van der Waals surface area (Å²) < 4.78 is 24.5. The molecule has 0 radical (unpaired) electrons. The second-order valence-electron chi connectivity index (χ2n) is 4.23. The van der Waals surface area contributed by atoms with E-state index in [1.54, 1.807) is 6.26 Å². The molecular weight excluding hydrogens is 292 g/mol. The molecule has 4 N–H and O–H groups in total. The molecule has 0 bridgehead atoms. The van der Waals surface area contributed by atoms with E-state index in [9.17, 15) is 13.6 Å². The van der Waals surface area contributed by atoms with Crippen molar-refractivity contribution in [2.75, 3.05) is 23.9 Å². The molecule has 2 rings (SSSR count). The lowest BCUT2D eigenvalue weighted by Crippen LogP contribution is -2.25. The first-order valence-corrected chi connectivity index (χ1v) is 7.86. The van der Waals surface area contributed by atoms with Crippen molar-refractivity contribution < 1.29 is 13.6 Å². The van der Waals surface area contributed by atoms with Gasteiger partial charge in [-0.1, -0.05) is 0 Å². The smallest absolute Gasteiger partial charge is 0.263 e. The van der Waals surface area contributed by atoms with Gasteiger partial charge in [-0.2, -0.15) is 0 Å². The number of thioether (sulfide) groups is 1. The van der Waals surface area contributed by atoms with Gasteiger partial charge in [-0.25, -0.2) is 8.78 Å². The molecule has 1 amide bonds. The molecule has 0 atom stereocenters. The number of hydrogen-bond acceptors (Lipinski definition) is 5. The number of rotatable bonds is 6. The summed E-state index contributed by atoms with van der Waals surface area (Å²) in [5.74, 6) is -0.217. The lowest BCUT2D eigenvalue weighted by Gasteiger charge is -2.04. The highest BCUT2D eigenvalue weighted by atomic mass is 32.2. The highest BCUT2D eigenvalue weighted by Crippen LogP contribution is 2.41. The average molecular weight is 307 g/mol. The summed E-state index contributed by atoms with van der Waals surface area (Å²) in [5, 5.41) is 6.02. The zero-order valence-electron chi connectivity index (χ0n) is 10.3. The van der Waals surface area contributed by atoms with Gasteiger partial charge in [-0.15, -0.1) is 23.1 Å². The molecule has 1 aliphatic carbocycles. The minimum Gasteiger partial charge on any atom is -0.396 e. The Balaban J connectivity index is 2.16. The molecule has 0 saturated heterocycles. The predicted octanol–water partition coefficient (Wildman–Crippen LogP) is 2.62. The number of anilines is 2. The largest absolute Gasteiger partial charge is 0.396 e. The van der Waals surface area contributed by atoms with Gasteiger partial charge >= 0.3 is 0 Å². The van der Waals surface area contributed by atoms with Gasteiger partial charge in [0.15, 0.2) is 0 Å². The number of amides is 1. The number of alkyl halides is 2. The molecule has 19 heavy (non-hydrogen) atoms. The fourth-order valence-electron chi connectivity index (χ4n) is 1.56. The quantitative estimate of drug-likeness (QED) is 0.707. The van der Waals surface area contributed by atoms with Crippen LogP contribution in [0, 0.1) is 0 Å². The molecule has 4 nitrogen and oxygen atoms in total. The van der Waals surface area contributed by atoms with Gasteiger partial charge in [0.2, 0.25) is 0 Å².